The van der Waals surface area contributed by atoms with E-state index < -0.39 is 0 Å². The van der Waals surface area contributed by atoms with Crippen LogP contribution in [0.2, 0.25) is 0 Å². The van der Waals surface area contributed by atoms with Gasteiger partial charge in [0.2, 0.25) is 5.91 Å². The molecule has 2 aromatic carbocycles. The number of pyridine rings is 1. The van der Waals surface area contributed by atoms with Crippen molar-refractivity contribution in [1.82, 2.24) is 19.7 Å². The second-order valence-corrected chi connectivity index (χ2v) is 9.09. The Bertz CT molecular complexity index is 1220. The topological polar surface area (TPSA) is 72.7 Å². The predicted molar refractivity (Wildman–Crippen MR) is 133 cm³/mol. The summed E-state index contributed by atoms with van der Waals surface area (Å²) in [5, 5.41) is 12.7. The van der Waals surface area contributed by atoms with Crippen LogP contribution in [-0.2, 0) is 11.3 Å². The van der Waals surface area contributed by atoms with Crippen molar-refractivity contribution in [2.75, 3.05) is 11.1 Å². The first-order chi connectivity index (χ1) is 16.0. The van der Waals surface area contributed by atoms with Crippen molar-refractivity contribution in [3.05, 3.63) is 89.7 Å². The van der Waals surface area contributed by atoms with Crippen molar-refractivity contribution in [3.8, 4) is 11.4 Å². The summed E-state index contributed by atoms with van der Waals surface area (Å²) in [7, 11) is 0. The maximum atomic E-state index is 12.9. The van der Waals surface area contributed by atoms with Crippen LogP contribution in [0, 0.1) is 6.92 Å². The van der Waals surface area contributed by atoms with Crippen molar-refractivity contribution >= 4 is 23.4 Å². The van der Waals surface area contributed by atoms with Gasteiger partial charge in [-0.2, -0.15) is 0 Å². The Hall–Kier alpha value is -3.45. The van der Waals surface area contributed by atoms with Gasteiger partial charge in [-0.1, -0.05) is 74.1 Å². The van der Waals surface area contributed by atoms with Gasteiger partial charge in [-0.3, -0.25) is 14.3 Å². The third-order valence-corrected chi connectivity index (χ3v) is 6.33. The van der Waals surface area contributed by atoms with Gasteiger partial charge in [0.05, 0.1) is 12.3 Å². The van der Waals surface area contributed by atoms with Crippen molar-refractivity contribution in [2.45, 2.75) is 38.4 Å². The molecule has 0 aliphatic rings. The smallest absolute Gasteiger partial charge is 0.234 e. The predicted octanol–water partition coefficient (Wildman–Crippen LogP) is 5.55. The summed E-state index contributed by atoms with van der Waals surface area (Å²) in [6, 6.07) is 20.1. The molecular formula is C26H27N5OS. The number of amides is 1. The molecule has 6 nitrogen and oxygen atoms in total. The molecule has 0 atom stereocenters. The van der Waals surface area contributed by atoms with Gasteiger partial charge in [0, 0.05) is 23.6 Å². The lowest BCUT2D eigenvalue weighted by Gasteiger charge is -2.16. The average Bonchev–Trinajstić information content (AvgIpc) is 3.22. The number of aryl methyl sites for hydroxylation is 1. The summed E-state index contributed by atoms with van der Waals surface area (Å²) < 4.78 is 2.05. The molecule has 0 spiro atoms. The average molecular weight is 458 g/mol. The van der Waals surface area contributed by atoms with Crippen molar-refractivity contribution in [3.63, 3.8) is 0 Å². The number of hydrogen-bond donors (Lipinski definition) is 1. The van der Waals surface area contributed by atoms with Crippen LogP contribution in [0.3, 0.4) is 0 Å². The van der Waals surface area contributed by atoms with Gasteiger partial charge in [-0.25, -0.2) is 0 Å². The van der Waals surface area contributed by atoms with Crippen LogP contribution in [0.25, 0.3) is 11.4 Å². The van der Waals surface area contributed by atoms with E-state index in [2.05, 4.69) is 57.1 Å². The highest BCUT2D eigenvalue weighted by Gasteiger charge is 2.17. The first kappa shape index (κ1) is 22.7. The van der Waals surface area contributed by atoms with Crippen LogP contribution in [0.4, 0.5) is 5.69 Å². The Morgan fingerprint density at radius 1 is 1.00 bits per heavy atom. The molecule has 168 valence electrons. The molecule has 7 heteroatoms. The van der Waals surface area contributed by atoms with Crippen LogP contribution in [-0.4, -0.2) is 31.4 Å². The number of thioether (sulfide) groups is 1. The quantitative estimate of drug-likeness (QED) is 0.351. The third kappa shape index (κ3) is 5.49. The standard InChI is InChI=1S/C26H27N5OS/c1-18(2)22-11-7-8-19(3)24(22)28-23(32)17-33-26-30-29-25(21-12-14-27-15-13-21)31(26)16-20-9-5-4-6-10-20/h4-15,18H,16-17H2,1-3H3,(H,28,32). The lowest BCUT2D eigenvalue weighted by atomic mass is 9.98. The SMILES string of the molecule is Cc1cccc(C(C)C)c1NC(=O)CSc1nnc(-c2ccncc2)n1Cc1ccccc1. The highest BCUT2D eigenvalue weighted by atomic mass is 32.2. The normalized spacial score (nSPS) is 11.0. The van der Waals surface area contributed by atoms with Crippen LogP contribution in [0.5, 0.6) is 0 Å². The lowest BCUT2D eigenvalue weighted by Crippen LogP contribution is -2.17. The fourth-order valence-electron chi connectivity index (χ4n) is 3.67. The highest BCUT2D eigenvalue weighted by Crippen LogP contribution is 2.29. The van der Waals surface area contributed by atoms with E-state index in [4.69, 9.17) is 0 Å². The van der Waals surface area contributed by atoms with Gasteiger partial charge < -0.3 is 5.32 Å². The molecule has 0 unspecified atom stereocenters. The monoisotopic (exact) mass is 457 g/mol. The van der Waals surface area contributed by atoms with Crippen molar-refractivity contribution < 1.29 is 4.79 Å². The molecule has 33 heavy (non-hydrogen) atoms. The molecule has 0 fully saturated rings. The number of aromatic nitrogens is 4. The Labute approximate surface area is 198 Å². The molecule has 0 aliphatic heterocycles. The number of nitrogens with zero attached hydrogens (tertiary/aromatic N) is 4. The van der Waals surface area contributed by atoms with Gasteiger partial charge in [-0.05, 0) is 41.7 Å². The number of nitrogens with one attached hydrogen (secondary N) is 1. The second kappa shape index (κ2) is 10.4. The minimum Gasteiger partial charge on any atom is -0.325 e. The van der Waals surface area contributed by atoms with Crippen LogP contribution in [0.1, 0.15) is 36.5 Å². The van der Waals surface area contributed by atoms with Crippen molar-refractivity contribution in [2.24, 2.45) is 0 Å². The van der Waals surface area contributed by atoms with Gasteiger partial charge >= 0.3 is 0 Å². The molecule has 0 saturated heterocycles. The first-order valence-electron chi connectivity index (χ1n) is 10.9. The molecule has 0 saturated carbocycles. The Balaban J connectivity index is 1.55. The summed E-state index contributed by atoms with van der Waals surface area (Å²) >= 11 is 1.39. The van der Waals surface area contributed by atoms with E-state index in [1.807, 2.05) is 49.4 Å². The number of carbonyl (C=O) groups excluding carboxylic acids is 1. The fraction of sp³-hybridized carbons (Fsp3) is 0.231. The second-order valence-electron chi connectivity index (χ2n) is 8.14. The van der Waals surface area contributed by atoms with E-state index in [1.165, 1.54) is 11.8 Å². The van der Waals surface area contributed by atoms with Gasteiger partial charge in [0.15, 0.2) is 11.0 Å². The minimum absolute atomic E-state index is 0.0593. The van der Waals surface area contributed by atoms with E-state index in [-0.39, 0.29) is 11.7 Å². The molecule has 0 bridgehead atoms. The van der Waals surface area contributed by atoms with E-state index in [9.17, 15) is 4.79 Å². The van der Waals surface area contributed by atoms with Crippen LogP contribution in [0.15, 0.2) is 78.2 Å². The lowest BCUT2D eigenvalue weighted by molar-refractivity contribution is -0.113. The first-order valence-corrected chi connectivity index (χ1v) is 11.9. The molecule has 0 aliphatic carbocycles. The molecule has 0 radical (unpaired) electrons. The summed E-state index contributed by atoms with van der Waals surface area (Å²) in [4.78, 5) is 17.0. The summed E-state index contributed by atoms with van der Waals surface area (Å²) in [6.45, 7) is 6.90. The summed E-state index contributed by atoms with van der Waals surface area (Å²) in [6.07, 6.45) is 3.48. The maximum absolute atomic E-state index is 12.9. The maximum Gasteiger partial charge on any atom is 0.234 e. The molecule has 4 rings (SSSR count). The molecule has 2 heterocycles. The van der Waals surface area contributed by atoms with Crippen LogP contribution < -0.4 is 5.32 Å². The Morgan fingerprint density at radius 2 is 1.76 bits per heavy atom. The zero-order valence-corrected chi connectivity index (χ0v) is 19.8. The van der Waals surface area contributed by atoms with E-state index in [1.54, 1.807) is 12.4 Å². The zero-order chi connectivity index (χ0) is 23.2. The molecule has 2 aromatic heterocycles. The molecule has 1 amide bonds. The number of rotatable bonds is 8. The van der Waals surface area contributed by atoms with Gasteiger partial charge in [0.25, 0.3) is 0 Å². The Morgan fingerprint density at radius 3 is 2.48 bits per heavy atom. The number of carbonyl (C=O) groups is 1. The zero-order valence-electron chi connectivity index (χ0n) is 19.0. The van der Waals surface area contributed by atoms with Gasteiger partial charge in [0.1, 0.15) is 0 Å². The molecular weight excluding hydrogens is 430 g/mol. The molecule has 1 N–H and O–H groups in total. The van der Waals surface area contributed by atoms with Crippen molar-refractivity contribution in [1.29, 1.82) is 0 Å². The summed E-state index contributed by atoms with van der Waals surface area (Å²) in [5.41, 5.74) is 5.18. The van der Waals surface area contributed by atoms with Gasteiger partial charge in [-0.15, -0.1) is 10.2 Å². The van der Waals surface area contributed by atoms with Crippen LogP contribution >= 0.6 is 11.8 Å². The Kier molecular flexibility index (Phi) is 7.19. The highest BCUT2D eigenvalue weighted by molar-refractivity contribution is 7.99. The fourth-order valence-corrected chi connectivity index (χ4v) is 4.40. The molecule has 4 aromatic rings. The van der Waals surface area contributed by atoms with E-state index in [0.717, 1.165) is 33.8 Å². The summed E-state index contributed by atoms with van der Waals surface area (Å²) in [5.74, 6) is 1.26. The third-order valence-electron chi connectivity index (χ3n) is 5.36. The number of hydrogen-bond acceptors (Lipinski definition) is 5. The largest absolute Gasteiger partial charge is 0.325 e. The minimum atomic E-state index is -0.0593. The van der Waals surface area contributed by atoms with E-state index in [0.29, 0.717) is 17.6 Å². The number of para-hydroxylation sites is 1. The number of anilines is 1. The van der Waals surface area contributed by atoms with E-state index >= 15 is 0 Å². The number of benzene rings is 2.